The lowest BCUT2D eigenvalue weighted by molar-refractivity contribution is 0.768. The minimum absolute atomic E-state index is 0.648. The zero-order valence-electron chi connectivity index (χ0n) is 52.5. The summed E-state index contributed by atoms with van der Waals surface area (Å²) < 4.78 is 4.87. The van der Waals surface area contributed by atoms with Gasteiger partial charge in [-0.05, 0) is 207 Å². The molecule has 16 aromatic carbocycles. The van der Waals surface area contributed by atoms with Gasteiger partial charge in [-0.2, -0.15) is 0 Å². The Morgan fingerprint density at radius 3 is 0.792 bits per heavy atom. The van der Waals surface area contributed by atoms with Crippen molar-refractivity contribution in [2.24, 2.45) is 0 Å². The maximum atomic E-state index is 2.53. The van der Waals surface area contributed by atoms with Crippen molar-refractivity contribution >= 4 is 65.2 Å². The van der Waals surface area contributed by atoms with Gasteiger partial charge in [0.25, 0.3) is 0 Å². The standard InChI is InChI=1S/C94H60N2/c1-5-25-71(26-6-1)93(72-27-7-2-8-28-72)85-57-67(65-43-51-91-83(55-65)81-33-17-19-35-89(81)95(91)75-45-37-61-21-13-15-23-63(61)53-75)39-47-77(85)79-49-41-69(59-87(79)93)70-42-50-80-78-48-40-68(58-86(78)94(88(80)60-70,73-29-9-3-10-30-73)74-31-11-4-12-32-74)66-44-52-92-84(56-66)82-34-18-20-36-90(82)96(92)76-46-38-62-22-14-16-24-64(62)54-76/h1-60H. The van der Waals surface area contributed by atoms with E-state index in [2.05, 4.69) is 373 Å². The van der Waals surface area contributed by atoms with Gasteiger partial charge in [-0.15, -0.1) is 0 Å². The highest BCUT2D eigenvalue weighted by atomic mass is 15.0. The first kappa shape index (κ1) is 54.2. The highest BCUT2D eigenvalue weighted by Crippen LogP contribution is 2.60. The number of hydrogen-bond donors (Lipinski definition) is 0. The number of hydrogen-bond acceptors (Lipinski definition) is 0. The number of benzene rings is 16. The molecule has 0 bridgehead atoms. The van der Waals surface area contributed by atoms with E-state index in [1.54, 1.807) is 0 Å². The van der Waals surface area contributed by atoms with Crippen LogP contribution in [0.25, 0.3) is 132 Å². The van der Waals surface area contributed by atoms with Gasteiger partial charge in [0.05, 0.1) is 32.9 Å². The fraction of sp³-hybridized carbons (Fsp3) is 0.0213. The molecule has 446 valence electrons. The van der Waals surface area contributed by atoms with Crippen molar-refractivity contribution < 1.29 is 0 Å². The first-order valence-electron chi connectivity index (χ1n) is 33.4. The maximum Gasteiger partial charge on any atom is 0.0713 e. The van der Waals surface area contributed by atoms with Crippen LogP contribution in [0.5, 0.6) is 0 Å². The molecule has 18 aromatic rings. The molecule has 0 N–H and O–H groups in total. The summed E-state index contributed by atoms with van der Waals surface area (Å²) in [5.41, 5.74) is 28.0. The smallest absolute Gasteiger partial charge is 0.0713 e. The number of fused-ring (bicyclic) bond motifs is 14. The lowest BCUT2D eigenvalue weighted by Gasteiger charge is -2.35. The molecule has 0 spiro atoms. The molecule has 0 fully saturated rings. The van der Waals surface area contributed by atoms with Crippen LogP contribution in [0.4, 0.5) is 0 Å². The minimum Gasteiger partial charge on any atom is -0.309 e. The first-order chi connectivity index (χ1) is 47.6. The van der Waals surface area contributed by atoms with Crippen molar-refractivity contribution in [3.63, 3.8) is 0 Å². The molecule has 2 aliphatic rings. The molecular formula is C94H60N2. The predicted molar refractivity (Wildman–Crippen MR) is 401 cm³/mol. The van der Waals surface area contributed by atoms with Crippen LogP contribution in [-0.4, -0.2) is 9.13 Å². The molecule has 96 heavy (non-hydrogen) atoms. The number of para-hydroxylation sites is 2. The van der Waals surface area contributed by atoms with Gasteiger partial charge in [-0.3, -0.25) is 0 Å². The highest BCUT2D eigenvalue weighted by molar-refractivity contribution is 6.12. The largest absolute Gasteiger partial charge is 0.309 e. The van der Waals surface area contributed by atoms with Crippen molar-refractivity contribution in [1.82, 2.24) is 9.13 Å². The second-order valence-electron chi connectivity index (χ2n) is 26.2. The molecule has 2 nitrogen and oxygen atoms in total. The van der Waals surface area contributed by atoms with Crippen LogP contribution < -0.4 is 0 Å². The Labute approximate surface area is 557 Å². The maximum absolute atomic E-state index is 2.53. The minimum atomic E-state index is -0.648. The van der Waals surface area contributed by atoms with Crippen LogP contribution in [0.3, 0.4) is 0 Å². The highest BCUT2D eigenvalue weighted by Gasteiger charge is 2.48. The molecule has 2 heterocycles. The molecule has 0 amide bonds. The van der Waals surface area contributed by atoms with Crippen LogP contribution in [0.15, 0.2) is 364 Å². The Bertz CT molecular complexity index is 5730. The molecule has 20 rings (SSSR count). The van der Waals surface area contributed by atoms with E-state index in [9.17, 15) is 0 Å². The van der Waals surface area contributed by atoms with Crippen LogP contribution in [0.2, 0.25) is 0 Å². The summed E-state index contributed by atoms with van der Waals surface area (Å²) in [6.45, 7) is 0. The predicted octanol–water partition coefficient (Wildman–Crippen LogP) is 23.9. The molecule has 2 heteroatoms. The zero-order valence-corrected chi connectivity index (χ0v) is 52.5. The van der Waals surface area contributed by atoms with Gasteiger partial charge < -0.3 is 9.13 Å². The van der Waals surface area contributed by atoms with Crippen molar-refractivity contribution in [2.75, 3.05) is 0 Å². The van der Waals surface area contributed by atoms with Crippen molar-refractivity contribution in [3.8, 4) is 67.0 Å². The Morgan fingerprint density at radius 1 is 0.177 bits per heavy atom. The van der Waals surface area contributed by atoms with Gasteiger partial charge in [0.1, 0.15) is 0 Å². The van der Waals surface area contributed by atoms with Gasteiger partial charge >= 0.3 is 0 Å². The summed E-state index contributed by atoms with van der Waals surface area (Å²) in [5, 5.41) is 9.89. The topological polar surface area (TPSA) is 9.86 Å². The van der Waals surface area contributed by atoms with E-state index >= 15 is 0 Å². The number of nitrogens with zero attached hydrogens (tertiary/aromatic N) is 2. The Hall–Kier alpha value is -12.4. The van der Waals surface area contributed by atoms with Gasteiger partial charge in [0.2, 0.25) is 0 Å². The lowest BCUT2D eigenvalue weighted by Crippen LogP contribution is -2.29. The van der Waals surface area contributed by atoms with Gasteiger partial charge in [0, 0.05) is 32.9 Å². The summed E-state index contributed by atoms with van der Waals surface area (Å²) in [6, 6.07) is 137. The number of aromatic nitrogens is 2. The molecule has 2 aromatic heterocycles. The average molecular weight is 1220 g/mol. The number of rotatable bonds is 9. The summed E-state index contributed by atoms with van der Waals surface area (Å²) >= 11 is 0. The lowest BCUT2D eigenvalue weighted by atomic mass is 9.66. The van der Waals surface area contributed by atoms with E-state index in [0.717, 1.165) is 11.4 Å². The molecule has 0 radical (unpaired) electrons. The van der Waals surface area contributed by atoms with Crippen molar-refractivity contribution in [3.05, 3.63) is 408 Å². The van der Waals surface area contributed by atoms with Gasteiger partial charge in [-0.1, -0.05) is 279 Å². The van der Waals surface area contributed by atoms with E-state index in [1.165, 1.54) is 165 Å². The summed E-state index contributed by atoms with van der Waals surface area (Å²) in [7, 11) is 0. The second-order valence-corrected chi connectivity index (χ2v) is 26.2. The third-order valence-electron chi connectivity index (χ3n) is 21.4. The third-order valence-corrected chi connectivity index (χ3v) is 21.4. The fourth-order valence-electron chi connectivity index (χ4n) is 17.2. The molecule has 0 aliphatic heterocycles. The Kier molecular flexibility index (Phi) is 11.9. The molecule has 2 aliphatic carbocycles. The molecular weight excluding hydrogens is 1160 g/mol. The van der Waals surface area contributed by atoms with E-state index in [-0.39, 0.29) is 0 Å². The Balaban J connectivity index is 0.743. The van der Waals surface area contributed by atoms with E-state index < -0.39 is 10.8 Å². The van der Waals surface area contributed by atoms with Gasteiger partial charge in [0.15, 0.2) is 0 Å². The average Bonchev–Trinajstić information content (AvgIpc) is 1.53. The molecule has 0 saturated carbocycles. The van der Waals surface area contributed by atoms with Crippen LogP contribution in [-0.2, 0) is 10.8 Å². The summed E-state index contributed by atoms with van der Waals surface area (Å²) in [5.74, 6) is 0. The van der Waals surface area contributed by atoms with Crippen molar-refractivity contribution in [2.45, 2.75) is 10.8 Å². The normalized spacial score (nSPS) is 13.4. The third kappa shape index (κ3) is 7.88. The van der Waals surface area contributed by atoms with E-state index in [0.29, 0.717) is 0 Å². The summed E-state index contributed by atoms with van der Waals surface area (Å²) in [4.78, 5) is 0. The molecule has 0 saturated heterocycles. The first-order valence-corrected chi connectivity index (χ1v) is 33.4. The Morgan fingerprint density at radius 2 is 0.448 bits per heavy atom. The van der Waals surface area contributed by atoms with Gasteiger partial charge in [-0.25, -0.2) is 0 Å². The van der Waals surface area contributed by atoms with Crippen molar-refractivity contribution in [1.29, 1.82) is 0 Å². The second kappa shape index (κ2) is 21.1. The zero-order chi connectivity index (χ0) is 63.1. The molecule has 0 atom stereocenters. The van der Waals surface area contributed by atoms with Crippen LogP contribution in [0, 0.1) is 0 Å². The summed E-state index contributed by atoms with van der Waals surface area (Å²) in [6.07, 6.45) is 0. The monoisotopic (exact) mass is 1220 g/mol. The quantitative estimate of drug-likeness (QED) is 0.136. The molecule has 0 unspecified atom stereocenters. The SMILES string of the molecule is c1ccc(C2(c3ccccc3)c3cc(-c4ccc5c(c4)C(c4ccccc4)(c4ccccc4)c4cc(-c6ccc7c(c6)c6ccccc6n7-c6ccc7ccccc7c6)ccc4-5)ccc3-c3ccc(-c4ccc5c(c4)c4ccccc4n5-c4ccc5ccccc5c4)cc32)cc1. The van der Waals surface area contributed by atoms with Crippen LogP contribution in [0.1, 0.15) is 44.5 Å². The van der Waals surface area contributed by atoms with Crippen LogP contribution >= 0.6 is 0 Å². The van der Waals surface area contributed by atoms with E-state index in [4.69, 9.17) is 0 Å². The van der Waals surface area contributed by atoms with E-state index in [1.807, 2.05) is 0 Å². The fourth-order valence-corrected chi connectivity index (χ4v) is 17.2.